The summed E-state index contributed by atoms with van der Waals surface area (Å²) < 4.78 is 52.1. The van der Waals surface area contributed by atoms with Gasteiger partial charge in [0.2, 0.25) is 0 Å². The van der Waals surface area contributed by atoms with Crippen LogP contribution in [0.25, 0.3) is 0 Å². The van der Waals surface area contributed by atoms with Crippen molar-refractivity contribution < 1.29 is 27.1 Å². The summed E-state index contributed by atoms with van der Waals surface area (Å²) in [5.41, 5.74) is 1.40. The van der Waals surface area contributed by atoms with E-state index in [1.807, 2.05) is 0 Å². The topological polar surface area (TPSA) is 93.7 Å². The standard InChI is InChI=1S/C23H21FN2O5S/c1-15-13-19(8-9-20(15)24)32(28,29)26-17-5-3-16(4-6-17)23(27)25-18-7-10-21-22(14-18)31-12-2-11-30-21/h3-10,13-14,26H,2,11-12H2,1H3,(H,25,27). The number of sulfonamides is 1. The molecule has 3 aromatic rings. The number of anilines is 2. The maximum absolute atomic E-state index is 13.4. The van der Waals surface area contributed by atoms with Crippen molar-refractivity contribution in [2.45, 2.75) is 18.2 Å². The number of rotatable bonds is 5. The number of nitrogens with one attached hydrogen (secondary N) is 2. The quantitative estimate of drug-likeness (QED) is 0.595. The molecule has 0 bridgehead atoms. The lowest BCUT2D eigenvalue weighted by Crippen LogP contribution is -2.14. The van der Waals surface area contributed by atoms with Crippen LogP contribution in [0.5, 0.6) is 11.5 Å². The van der Waals surface area contributed by atoms with Gasteiger partial charge in [0.05, 0.1) is 18.1 Å². The summed E-state index contributed by atoms with van der Waals surface area (Å²) >= 11 is 0. The van der Waals surface area contributed by atoms with Gasteiger partial charge in [0.25, 0.3) is 15.9 Å². The van der Waals surface area contributed by atoms with E-state index < -0.39 is 15.8 Å². The first kappa shape index (κ1) is 21.6. The fraction of sp³-hybridized carbons (Fsp3) is 0.174. The molecule has 0 saturated heterocycles. The molecule has 1 heterocycles. The zero-order chi connectivity index (χ0) is 22.7. The first-order valence-electron chi connectivity index (χ1n) is 9.92. The molecule has 0 spiro atoms. The first-order chi connectivity index (χ1) is 15.3. The second-order valence-electron chi connectivity index (χ2n) is 7.26. The van der Waals surface area contributed by atoms with E-state index in [-0.39, 0.29) is 22.1 Å². The Morgan fingerprint density at radius 1 is 0.906 bits per heavy atom. The zero-order valence-corrected chi connectivity index (χ0v) is 18.0. The van der Waals surface area contributed by atoms with Crippen molar-refractivity contribution in [2.24, 2.45) is 0 Å². The van der Waals surface area contributed by atoms with Gasteiger partial charge in [-0.2, -0.15) is 0 Å². The monoisotopic (exact) mass is 456 g/mol. The van der Waals surface area contributed by atoms with Gasteiger partial charge in [0.15, 0.2) is 11.5 Å². The van der Waals surface area contributed by atoms with E-state index in [0.29, 0.717) is 36.0 Å². The predicted octanol–water partition coefficient (Wildman–Crippen LogP) is 4.35. The second kappa shape index (κ2) is 8.88. The molecule has 0 radical (unpaired) electrons. The van der Waals surface area contributed by atoms with Gasteiger partial charge >= 0.3 is 0 Å². The highest BCUT2D eigenvalue weighted by atomic mass is 32.2. The summed E-state index contributed by atoms with van der Waals surface area (Å²) in [5.74, 6) is 0.366. The van der Waals surface area contributed by atoms with Crippen LogP contribution in [0.3, 0.4) is 0 Å². The van der Waals surface area contributed by atoms with E-state index in [4.69, 9.17) is 9.47 Å². The fourth-order valence-electron chi connectivity index (χ4n) is 3.13. The molecule has 0 aromatic heterocycles. The lowest BCUT2D eigenvalue weighted by Gasteiger charge is -2.11. The first-order valence-corrected chi connectivity index (χ1v) is 11.4. The number of hydrogen-bond acceptors (Lipinski definition) is 5. The lowest BCUT2D eigenvalue weighted by molar-refractivity contribution is 0.102. The Morgan fingerprint density at radius 2 is 1.59 bits per heavy atom. The molecule has 0 unspecified atom stereocenters. The van der Waals surface area contributed by atoms with Gasteiger partial charge in [0, 0.05) is 29.4 Å². The molecule has 9 heteroatoms. The van der Waals surface area contributed by atoms with Crippen LogP contribution in [0.15, 0.2) is 65.6 Å². The predicted molar refractivity (Wildman–Crippen MR) is 118 cm³/mol. The van der Waals surface area contributed by atoms with Gasteiger partial charge in [-0.1, -0.05) is 0 Å². The van der Waals surface area contributed by atoms with Gasteiger partial charge < -0.3 is 14.8 Å². The van der Waals surface area contributed by atoms with E-state index in [9.17, 15) is 17.6 Å². The second-order valence-corrected chi connectivity index (χ2v) is 8.94. The van der Waals surface area contributed by atoms with Crippen molar-refractivity contribution in [2.75, 3.05) is 23.3 Å². The van der Waals surface area contributed by atoms with Crippen LogP contribution in [0, 0.1) is 12.7 Å². The van der Waals surface area contributed by atoms with Crippen molar-refractivity contribution in [3.63, 3.8) is 0 Å². The van der Waals surface area contributed by atoms with Gasteiger partial charge in [-0.05, 0) is 67.1 Å². The zero-order valence-electron chi connectivity index (χ0n) is 17.2. The van der Waals surface area contributed by atoms with Gasteiger partial charge in [-0.25, -0.2) is 12.8 Å². The highest BCUT2D eigenvalue weighted by Crippen LogP contribution is 2.32. The van der Waals surface area contributed by atoms with Crippen LogP contribution in [-0.4, -0.2) is 27.5 Å². The number of aryl methyl sites for hydroxylation is 1. The Kier molecular flexibility index (Phi) is 6.00. The van der Waals surface area contributed by atoms with E-state index in [2.05, 4.69) is 10.0 Å². The molecule has 0 saturated carbocycles. The van der Waals surface area contributed by atoms with Crippen molar-refractivity contribution in [3.8, 4) is 11.5 Å². The largest absolute Gasteiger partial charge is 0.490 e. The summed E-state index contributed by atoms with van der Waals surface area (Å²) in [6.07, 6.45) is 0.785. The minimum absolute atomic E-state index is 0.0485. The van der Waals surface area contributed by atoms with Crippen LogP contribution in [0.1, 0.15) is 22.3 Å². The Labute approximate surface area is 185 Å². The average Bonchev–Trinajstić information content (AvgIpc) is 3.01. The Balaban J connectivity index is 1.44. The van der Waals surface area contributed by atoms with Crippen LogP contribution in [0.4, 0.5) is 15.8 Å². The molecule has 0 fully saturated rings. The number of ether oxygens (including phenoxy) is 2. The normalized spacial score (nSPS) is 13.2. The van der Waals surface area contributed by atoms with Crippen molar-refractivity contribution in [1.82, 2.24) is 0 Å². The third kappa shape index (κ3) is 4.83. The fourth-order valence-corrected chi connectivity index (χ4v) is 4.28. The van der Waals surface area contributed by atoms with E-state index in [1.165, 1.54) is 43.3 Å². The highest BCUT2D eigenvalue weighted by Gasteiger charge is 2.16. The molecule has 3 aromatic carbocycles. The van der Waals surface area contributed by atoms with Crippen LogP contribution in [0.2, 0.25) is 0 Å². The van der Waals surface area contributed by atoms with Crippen molar-refractivity contribution in [1.29, 1.82) is 0 Å². The third-order valence-corrected chi connectivity index (χ3v) is 6.22. The number of benzene rings is 3. The number of halogens is 1. The SMILES string of the molecule is Cc1cc(S(=O)(=O)Nc2ccc(C(=O)Nc3ccc4c(c3)OCCCO4)cc2)ccc1F. The average molecular weight is 456 g/mol. The lowest BCUT2D eigenvalue weighted by atomic mass is 10.2. The summed E-state index contributed by atoms with van der Waals surface area (Å²) in [6, 6.07) is 14.7. The maximum Gasteiger partial charge on any atom is 0.261 e. The molecular formula is C23H21FN2O5S. The van der Waals surface area contributed by atoms with Crippen LogP contribution < -0.4 is 19.5 Å². The molecule has 1 amide bonds. The maximum atomic E-state index is 13.4. The number of fused-ring (bicyclic) bond motifs is 1. The van der Waals surface area contributed by atoms with E-state index >= 15 is 0 Å². The summed E-state index contributed by atoms with van der Waals surface area (Å²) in [6.45, 7) is 2.61. The van der Waals surface area contributed by atoms with Crippen molar-refractivity contribution >= 4 is 27.3 Å². The van der Waals surface area contributed by atoms with Crippen LogP contribution in [-0.2, 0) is 10.0 Å². The highest BCUT2D eigenvalue weighted by molar-refractivity contribution is 7.92. The number of carbonyl (C=O) groups excluding carboxylic acids is 1. The van der Waals surface area contributed by atoms with Gasteiger partial charge in [0.1, 0.15) is 5.82 Å². The number of amides is 1. The number of carbonyl (C=O) groups is 1. The van der Waals surface area contributed by atoms with Gasteiger partial charge in [-0.15, -0.1) is 0 Å². The van der Waals surface area contributed by atoms with Crippen LogP contribution >= 0.6 is 0 Å². The Hall–Kier alpha value is -3.59. The minimum atomic E-state index is -3.89. The summed E-state index contributed by atoms with van der Waals surface area (Å²) in [4.78, 5) is 12.5. The van der Waals surface area contributed by atoms with E-state index in [1.54, 1.807) is 18.2 Å². The Morgan fingerprint density at radius 3 is 2.31 bits per heavy atom. The molecule has 1 aliphatic rings. The molecule has 0 atom stereocenters. The summed E-state index contributed by atoms with van der Waals surface area (Å²) in [5, 5.41) is 2.79. The molecule has 166 valence electrons. The molecule has 32 heavy (non-hydrogen) atoms. The number of hydrogen-bond donors (Lipinski definition) is 2. The summed E-state index contributed by atoms with van der Waals surface area (Å²) in [7, 11) is -3.89. The molecule has 1 aliphatic heterocycles. The van der Waals surface area contributed by atoms with Gasteiger partial charge in [-0.3, -0.25) is 9.52 Å². The smallest absolute Gasteiger partial charge is 0.261 e. The molecular weight excluding hydrogens is 435 g/mol. The Bertz CT molecular complexity index is 1260. The third-order valence-electron chi connectivity index (χ3n) is 4.84. The molecule has 2 N–H and O–H groups in total. The molecule has 7 nitrogen and oxygen atoms in total. The van der Waals surface area contributed by atoms with E-state index in [0.717, 1.165) is 12.5 Å². The molecule has 0 aliphatic carbocycles. The van der Waals surface area contributed by atoms with Crippen molar-refractivity contribution in [3.05, 3.63) is 77.6 Å². The minimum Gasteiger partial charge on any atom is -0.490 e. The molecule has 4 rings (SSSR count).